The Balaban J connectivity index is 2.76. The molecule has 8 heteroatoms. The van der Waals surface area contributed by atoms with Gasteiger partial charge in [-0.25, -0.2) is 0 Å². The molecule has 0 saturated carbocycles. The number of amides is 1. The summed E-state index contributed by atoms with van der Waals surface area (Å²) in [5.74, 6) is 0.214. The highest BCUT2D eigenvalue weighted by atomic mass is 19.4. The molecule has 5 nitrogen and oxygen atoms in total. The van der Waals surface area contributed by atoms with Crippen LogP contribution in [0, 0.1) is 11.8 Å². The molecule has 24 heavy (non-hydrogen) atoms. The van der Waals surface area contributed by atoms with Crippen LogP contribution >= 0.6 is 0 Å². The molecule has 0 aliphatic carbocycles. The predicted octanol–water partition coefficient (Wildman–Crippen LogP) is 1.54. The maximum absolute atomic E-state index is 12.7. The summed E-state index contributed by atoms with van der Waals surface area (Å²) in [4.78, 5) is 18.5. The van der Waals surface area contributed by atoms with Crippen molar-refractivity contribution in [2.24, 2.45) is 11.8 Å². The molecule has 142 valence electrons. The lowest BCUT2D eigenvalue weighted by Crippen LogP contribution is -2.47. The van der Waals surface area contributed by atoms with Crippen LogP contribution in [0.3, 0.4) is 0 Å². The number of ether oxygens (including phenoxy) is 1. The maximum Gasteiger partial charge on any atom is 0.411 e. The van der Waals surface area contributed by atoms with Gasteiger partial charge >= 0.3 is 6.18 Å². The molecule has 1 saturated heterocycles. The molecule has 1 aliphatic heterocycles. The summed E-state index contributed by atoms with van der Waals surface area (Å²) >= 11 is 0. The van der Waals surface area contributed by atoms with Crippen molar-refractivity contribution in [3.8, 4) is 0 Å². The van der Waals surface area contributed by atoms with Crippen LogP contribution in [0.2, 0.25) is 0 Å². The summed E-state index contributed by atoms with van der Waals surface area (Å²) in [6.07, 6.45) is -4.44. The van der Waals surface area contributed by atoms with E-state index in [4.69, 9.17) is 4.74 Å². The molecule has 2 atom stereocenters. The van der Waals surface area contributed by atoms with E-state index in [1.807, 2.05) is 28.2 Å². The number of nitrogens with zero attached hydrogens (tertiary/aromatic N) is 3. The standard InChI is InChI=1S/C16H30F3N3O2/c1-15(2,24-11-16(17,18)19)14(23)22-9-12(7-20(3)4)13(10-22)8-21(5)6/h12-13H,7-11H2,1-6H3/t12-,13-/m1/s1. The van der Waals surface area contributed by atoms with Crippen LogP contribution in [-0.4, -0.2) is 93.4 Å². The van der Waals surface area contributed by atoms with E-state index >= 15 is 0 Å². The average molecular weight is 353 g/mol. The topological polar surface area (TPSA) is 36.0 Å². The van der Waals surface area contributed by atoms with Gasteiger partial charge in [-0.3, -0.25) is 4.79 Å². The van der Waals surface area contributed by atoms with E-state index < -0.39 is 18.4 Å². The molecule has 0 aromatic carbocycles. The average Bonchev–Trinajstić information content (AvgIpc) is 2.76. The first-order valence-electron chi connectivity index (χ1n) is 8.11. The molecule has 1 rings (SSSR count). The number of likely N-dealkylation sites (tertiary alicyclic amines) is 1. The van der Waals surface area contributed by atoms with Crippen molar-refractivity contribution in [3.63, 3.8) is 0 Å². The van der Waals surface area contributed by atoms with Crippen LogP contribution in [0.1, 0.15) is 13.8 Å². The monoisotopic (exact) mass is 353 g/mol. The van der Waals surface area contributed by atoms with Crippen LogP contribution in [0.4, 0.5) is 13.2 Å². The summed E-state index contributed by atoms with van der Waals surface area (Å²) < 4.78 is 42.0. The van der Waals surface area contributed by atoms with Crippen molar-refractivity contribution in [1.29, 1.82) is 0 Å². The van der Waals surface area contributed by atoms with Gasteiger partial charge < -0.3 is 19.4 Å². The Morgan fingerprint density at radius 2 is 1.46 bits per heavy atom. The van der Waals surface area contributed by atoms with Crippen molar-refractivity contribution >= 4 is 5.91 Å². The quantitative estimate of drug-likeness (QED) is 0.696. The third-order valence-corrected chi connectivity index (χ3v) is 4.17. The van der Waals surface area contributed by atoms with Crippen molar-refractivity contribution in [3.05, 3.63) is 0 Å². The Bertz CT molecular complexity index is 407. The minimum atomic E-state index is -4.44. The molecule has 1 aliphatic rings. The minimum absolute atomic E-state index is 0.296. The Hall–Kier alpha value is -0.860. The number of carbonyl (C=O) groups excluding carboxylic acids is 1. The van der Waals surface area contributed by atoms with E-state index in [1.54, 1.807) is 4.90 Å². The largest absolute Gasteiger partial charge is 0.411 e. The highest BCUT2D eigenvalue weighted by Gasteiger charge is 2.42. The number of hydrogen-bond donors (Lipinski definition) is 0. The number of rotatable bonds is 7. The number of alkyl halides is 3. The molecule has 0 aromatic rings. The first-order chi connectivity index (χ1) is 10.8. The molecule has 1 amide bonds. The normalized spacial score (nSPS) is 22.7. The fourth-order valence-corrected chi connectivity index (χ4v) is 3.16. The summed E-state index contributed by atoms with van der Waals surface area (Å²) in [5.41, 5.74) is -1.48. The predicted molar refractivity (Wildman–Crippen MR) is 86.8 cm³/mol. The molecule has 0 N–H and O–H groups in total. The third kappa shape index (κ3) is 6.57. The fourth-order valence-electron chi connectivity index (χ4n) is 3.16. The third-order valence-electron chi connectivity index (χ3n) is 4.17. The lowest BCUT2D eigenvalue weighted by atomic mass is 9.95. The summed E-state index contributed by atoms with van der Waals surface area (Å²) in [6.45, 7) is 4.17. The van der Waals surface area contributed by atoms with E-state index in [0.717, 1.165) is 13.1 Å². The number of carbonyl (C=O) groups is 1. The van der Waals surface area contributed by atoms with E-state index in [0.29, 0.717) is 24.9 Å². The van der Waals surface area contributed by atoms with E-state index in [1.165, 1.54) is 13.8 Å². The van der Waals surface area contributed by atoms with Gasteiger partial charge in [-0.05, 0) is 53.9 Å². The number of hydrogen-bond acceptors (Lipinski definition) is 4. The first-order valence-corrected chi connectivity index (χ1v) is 8.11. The molecule has 1 fully saturated rings. The van der Waals surface area contributed by atoms with Gasteiger partial charge in [0.25, 0.3) is 5.91 Å². The summed E-state index contributed by atoms with van der Waals surface area (Å²) in [5, 5.41) is 0. The zero-order valence-corrected chi connectivity index (χ0v) is 15.5. The molecule has 0 aromatic heterocycles. The second-order valence-corrected chi connectivity index (χ2v) is 7.67. The maximum atomic E-state index is 12.7. The highest BCUT2D eigenvalue weighted by molar-refractivity contribution is 5.84. The summed E-state index contributed by atoms with van der Waals surface area (Å²) in [6, 6.07) is 0. The van der Waals surface area contributed by atoms with Crippen molar-refractivity contribution in [2.45, 2.75) is 25.6 Å². The lowest BCUT2D eigenvalue weighted by Gasteiger charge is -2.30. The Morgan fingerprint density at radius 1 is 1.04 bits per heavy atom. The van der Waals surface area contributed by atoms with E-state index in [2.05, 4.69) is 9.80 Å². The number of halogens is 3. The molecule has 0 bridgehead atoms. The lowest BCUT2D eigenvalue weighted by molar-refractivity contribution is -0.204. The molecular weight excluding hydrogens is 323 g/mol. The van der Waals surface area contributed by atoms with Gasteiger partial charge in [0.05, 0.1) is 0 Å². The first kappa shape index (κ1) is 21.2. The van der Waals surface area contributed by atoms with Crippen LogP contribution in [0.15, 0.2) is 0 Å². The van der Waals surface area contributed by atoms with Crippen molar-refractivity contribution in [2.75, 3.05) is 61.0 Å². The molecule has 0 radical (unpaired) electrons. The van der Waals surface area contributed by atoms with Gasteiger partial charge in [-0.15, -0.1) is 0 Å². The minimum Gasteiger partial charge on any atom is -0.356 e. The Morgan fingerprint density at radius 3 is 1.79 bits per heavy atom. The molecule has 0 spiro atoms. The highest BCUT2D eigenvalue weighted by Crippen LogP contribution is 2.28. The van der Waals surface area contributed by atoms with Gasteiger partial charge in [0, 0.05) is 26.2 Å². The van der Waals surface area contributed by atoms with Gasteiger partial charge in [-0.2, -0.15) is 13.2 Å². The van der Waals surface area contributed by atoms with Crippen LogP contribution in [0.25, 0.3) is 0 Å². The van der Waals surface area contributed by atoms with Gasteiger partial charge in [0.15, 0.2) is 0 Å². The second-order valence-electron chi connectivity index (χ2n) is 7.67. The van der Waals surface area contributed by atoms with Crippen molar-refractivity contribution < 1.29 is 22.7 Å². The van der Waals surface area contributed by atoms with E-state index in [9.17, 15) is 18.0 Å². The smallest absolute Gasteiger partial charge is 0.356 e. The molecule has 1 heterocycles. The van der Waals surface area contributed by atoms with Gasteiger partial charge in [0.1, 0.15) is 12.2 Å². The van der Waals surface area contributed by atoms with Crippen LogP contribution in [-0.2, 0) is 9.53 Å². The van der Waals surface area contributed by atoms with Crippen LogP contribution in [0.5, 0.6) is 0 Å². The van der Waals surface area contributed by atoms with E-state index in [-0.39, 0.29) is 5.91 Å². The van der Waals surface area contributed by atoms with Crippen LogP contribution < -0.4 is 0 Å². The molecule has 0 unspecified atom stereocenters. The zero-order valence-electron chi connectivity index (χ0n) is 15.5. The Kier molecular flexibility index (Phi) is 7.07. The Labute approximate surface area is 142 Å². The van der Waals surface area contributed by atoms with Gasteiger partial charge in [-0.1, -0.05) is 0 Å². The zero-order chi connectivity index (χ0) is 18.7. The SMILES string of the molecule is CN(C)C[C@@H]1CN(C(=O)C(C)(C)OCC(F)(F)F)C[C@H]1CN(C)C. The fraction of sp³-hybridized carbons (Fsp3) is 0.938. The second kappa shape index (κ2) is 8.01. The van der Waals surface area contributed by atoms with Gasteiger partial charge in [0.2, 0.25) is 0 Å². The van der Waals surface area contributed by atoms with Crippen molar-refractivity contribution in [1.82, 2.24) is 14.7 Å². The summed E-state index contributed by atoms with van der Waals surface area (Å²) in [7, 11) is 7.92. The molecular formula is C16H30F3N3O2.